The van der Waals surface area contributed by atoms with E-state index in [2.05, 4.69) is 25.1 Å². The van der Waals surface area contributed by atoms with Crippen LogP contribution in [0.2, 0.25) is 0 Å². The average Bonchev–Trinajstić information content (AvgIpc) is 3.28. The van der Waals surface area contributed by atoms with Crippen molar-refractivity contribution < 1.29 is 4.42 Å². The molecule has 0 radical (unpaired) electrons. The van der Waals surface area contributed by atoms with Gasteiger partial charge in [0.2, 0.25) is 5.16 Å². The quantitative estimate of drug-likeness (QED) is 0.491. The third-order valence-corrected chi connectivity index (χ3v) is 4.67. The number of furan rings is 1. The van der Waals surface area contributed by atoms with E-state index in [1.54, 1.807) is 0 Å². The largest absolute Gasteiger partial charge is 0.451 e. The molecule has 0 bridgehead atoms. The fraction of sp³-hybridized carbons (Fsp3) is 0. The van der Waals surface area contributed by atoms with E-state index in [-0.39, 0.29) is 0 Å². The first-order valence-corrected chi connectivity index (χ1v) is 8.48. The monoisotopic (exact) mass is 345 g/mol. The lowest BCUT2D eigenvalue weighted by Crippen LogP contribution is -1.85. The van der Waals surface area contributed by atoms with E-state index in [1.165, 1.54) is 18.1 Å². The van der Waals surface area contributed by atoms with Crippen LogP contribution in [0.1, 0.15) is 0 Å². The first kappa shape index (κ1) is 14.2. The smallest absolute Gasteiger partial charge is 0.215 e. The average molecular weight is 345 g/mol. The molecule has 3 heterocycles. The molecule has 0 amide bonds. The zero-order valence-corrected chi connectivity index (χ0v) is 13.7. The number of benzene rings is 2. The number of hydrogen-bond acceptors (Lipinski definition) is 6. The van der Waals surface area contributed by atoms with E-state index in [0.717, 1.165) is 27.9 Å². The Hall–Kier alpha value is -3.19. The van der Waals surface area contributed by atoms with Gasteiger partial charge in [-0.15, -0.1) is 5.10 Å². The van der Waals surface area contributed by atoms with Crippen LogP contribution in [0.4, 0.5) is 0 Å². The first-order valence-electron chi connectivity index (χ1n) is 7.66. The second kappa shape index (κ2) is 5.71. The van der Waals surface area contributed by atoms with Crippen molar-refractivity contribution in [3.05, 3.63) is 60.9 Å². The summed E-state index contributed by atoms with van der Waals surface area (Å²) in [6.45, 7) is 0. The molecule has 120 valence electrons. The van der Waals surface area contributed by atoms with Gasteiger partial charge >= 0.3 is 0 Å². The van der Waals surface area contributed by atoms with Gasteiger partial charge < -0.3 is 4.42 Å². The van der Waals surface area contributed by atoms with E-state index in [0.29, 0.717) is 15.8 Å². The maximum atomic E-state index is 5.94. The lowest BCUT2D eigenvalue weighted by atomic mass is 10.2. The van der Waals surface area contributed by atoms with Gasteiger partial charge in [-0.3, -0.25) is 5.10 Å². The Morgan fingerprint density at radius 1 is 0.920 bits per heavy atom. The molecule has 0 saturated heterocycles. The molecule has 7 heteroatoms. The van der Waals surface area contributed by atoms with Crippen LogP contribution in [0.15, 0.2) is 75.5 Å². The van der Waals surface area contributed by atoms with Crippen LogP contribution in [-0.4, -0.2) is 25.1 Å². The molecule has 0 aliphatic heterocycles. The normalized spacial score (nSPS) is 11.4. The van der Waals surface area contributed by atoms with Gasteiger partial charge in [0.05, 0.1) is 0 Å². The number of rotatable bonds is 3. The van der Waals surface area contributed by atoms with Crippen LogP contribution in [0, 0.1) is 0 Å². The second-order valence-corrected chi connectivity index (χ2v) is 6.35. The predicted octanol–water partition coefficient (Wildman–Crippen LogP) is 4.31. The summed E-state index contributed by atoms with van der Waals surface area (Å²) in [5.41, 5.74) is 3.23. The Morgan fingerprint density at radius 2 is 1.76 bits per heavy atom. The fourth-order valence-corrected chi connectivity index (χ4v) is 3.41. The van der Waals surface area contributed by atoms with E-state index in [1.807, 2.05) is 54.6 Å². The summed E-state index contributed by atoms with van der Waals surface area (Å²) < 4.78 is 5.94. The van der Waals surface area contributed by atoms with Crippen molar-refractivity contribution in [2.24, 2.45) is 0 Å². The van der Waals surface area contributed by atoms with E-state index in [4.69, 9.17) is 4.42 Å². The standard InChI is InChI=1S/C18H11N5OS/c1-2-6-11(7-3-1)16-21-18(23-22-16)25-17-15-14(19-10-20-17)12-8-4-5-9-13(12)24-15/h1-10H,(H,21,22,23). The van der Waals surface area contributed by atoms with E-state index < -0.39 is 0 Å². The summed E-state index contributed by atoms with van der Waals surface area (Å²) in [6, 6.07) is 17.7. The molecule has 0 saturated carbocycles. The predicted molar refractivity (Wildman–Crippen MR) is 95.3 cm³/mol. The molecule has 0 atom stereocenters. The van der Waals surface area contributed by atoms with Crippen molar-refractivity contribution in [2.75, 3.05) is 0 Å². The highest BCUT2D eigenvalue weighted by Gasteiger charge is 2.16. The Kier molecular flexibility index (Phi) is 3.24. The molecule has 25 heavy (non-hydrogen) atoms. The van der Waals surface area contributed by atoms with Crippen molar-refractivity contribution in [1.29, 1.82) is 0 Å². The number of fused-ring (bicyclic) bond motifs is 3. The van der Waals surface area contributed by atoms with Crippen LogP contribution in [-0.2, 0) is 0 Å². The van der Waals surface area contributed by atoms with Gasteiger partial charge in [0, 0.05) is 10.9 Å². The maximum absolute atomic E-state index is 5.94. The molecule has 0 unspecified atom stereocenters. The van der Waals surface area contributed by atoms with E-state index >= 15 is 0 Å². The zero-order valence-electron chi connectivity index (χ0n) is 12.9. The van der Waals surface area contributed by atoms with Gasteiger partial charge in [-0.25, -0.2) is 15.0 Å². The van der Waals surface area contributed by atoms with Crippen molar-refractivity contribution >= 4 is 33.8 Å². The summed E-state index contributed by atoms with van der Waals surface area (Å²) in [5, 5.41) is 9.49. The molecule has 3 aromatic heterocycles. The summed E-state index contributed by atoms with van der Waals surface area (Å²) in [6.07, 6.45) is 1.54. The van der Waals surface area contributed by atoms with Crippen LogP contribution >= 0.6 is 11.8 Å². The van der Waals surface area contributed by atoms with Gasteiger partial charge in [-0.1, -0.05) is 42.5 Å². The first-order chi connectivity index (χ1) is 12.4. The molecule has 5 aromatic rings. The van der Waals surface area contributed by atoms with Crippen LogP contribution in [0.25, 0.3) is 33.5 Å². The molecule has 0 fully saturated rings. The molecular formula is C18H11N5OS. The van der Waals surface area contributed by atoms with E-state index in [9.17, 15) is 0 Å². The van der Waals surface area contributed by atoms with Crippen molar-refractivity contribution in [1.82, 2.24) is 25.1 Å². The molecule has 5 rings (SSSR count). The zero-order chi connectivity index (χ0) is 16.6. The van der Waals surface area contributed by atoms with Crippen LogP contribution in [0.3, 0.4) is 0 Å². The minimum atomic E-state index is 0.583. The van der Waals surface area contributed by atoms with Gasteiger partial charge in [0.25, 0.3) is 0 Å². The van der Waals surface area contributed by atoms with Crippen LogP contribution in [0.5, 0.6) is 0 Å². The summed E-state index contributed by atoms with van der Waals surface area (Å²) in [5.74, 6) is 0.720. The number of aromatic nitrogens is 5. The molecule has 0 spiro atoms. The molecular weight excluding hydrogens is 334 g/mol. The summed E-state index contributed by atoms with van der Waals surface area (Å²) >= 11 is 1.35. The van der Waals surface area contributed by atoms with Gasteiger partial charge in [-0.05, 0) is 23.9 Å². The Balaban J connectivity index is 1.55. The summed E-state index contributed by atoms with van der Waals surface area (Å²) in [7, 11) is 0. The van der Waals surface area contributed by atoms with Gasteiger partial charge in [0.1, 0.15) is 17.4 Å². The molecule has 6 nitrogen and oxygen atoms in total. The summed E-state index contributed by atoms with van der Waals surface area (Å²) in [4.78, 5) is 13.2. The lowest BCUT2D eigenvalue weighted by molar-refractivity contribution is 0.653. The molecule has 1 N–H and O–H groups in total. The third-order valence-electron chi connectivity index (χ3n) is 3.83. The molecule has 2 aromatic carbocycles. The SMILES string of the molecule is c1ccc(-c2nc(Sc3ncnc4c3oc3ccccc34)n[nH]2)cc1. The number of nitrogens with zero attached hydrogens (tertiary/aromatic N) is 4. The minimum Gasteiger partial charge on any atom is -0.451 e. The Bertz CT molecular complexity index is 1180. The van der Waals surface area contributed by atoms with Gasteiger partial charge in [0.15, 0.2) is 16.4 Å². The van der Waals surface area contributed by atoms with Gasteiger partial charge in [-0.2, -0.15) is 0 Å². The number of hydrogen-bond donors (Lipinski definition) is 1. The highest BCUT2D eigenvalue weighted by Crippen LogP contribution is 2.34. The minimum absolute atomic E-state index is 0.583. The van der Waals surface area contributed by atoms with Crippen molar-refractivity contribution in [2.45, 2.75) is 10.2 Å². The Labute approximate surface area is 146 Å². The molecule has 0 aliphatic carbocycles. The fourth-order valence-electron chi connectivity index (χ4n) is 2.68. The van der Waals surface area contributed by atoms with Crippen molar-refractivity contribution in [3.8, 4) is 11.4 Å². The number of nitrogens with one attached hydrogen (secondary N) is 1. The number of para-hydroxylation sites is 1. The highest BCUT2D eigenvalue weighted by atomic mass is 32.2. The lowest BCUT2D eigenvalue weighted by Gasteiger charge is -1.96. The number of aromatic amines is 1. The highest BCUT2D eigenvalue weighted by molar-refractivity contribution is 7.99. The third kappa shape index (κ3) is 2.45. The second-order valence-electron chi connectivity index (χ2n) is 5.39. The number of H-pyrrole nitrogens is 1. The van der Waals surface area contributed by atoms with Crippen molar-refractivity contribution in [3.63, 3.8) is 0 Å². The molecule has 0 aliphatic rings. The maximum Gasteiger partial charge on any atom is 0.215 e. The Morgan fingerprint density at radius 3 is 2.68 bits per heavy atom. The topological polar surface area (TPSA) is 80.5 Å². The van der Waals surface area contributed by atoms with Crippen LogP contribution < -0.4 is 0 Å².